The molecule has 0 bridgehead atoms. The van der Waals surface area contributed by atoms with Crippen molar-refractivity contribution in [1.29, 1.82) is 5.26 Å². The van der Waals surface area contributed by atoms with Crippen molar-refractivity contribution in [2.75, 3.05) is 6.79 Å². The minimum atomic E-state index is -2.56. The first-order valence-electron chi connectivity index (χ1n) is 3.94. The van der Waals surface area contributed by atoms with Gasteiger partial charge in [-0.1, -0.05) is 0 Å². The van der Waals surface area contributed by atoms with Crippen LogP contribution in [0.15, 0.2) is 12.1 Å². The van der Waals surface area contributed by atoms with E-state index in [0.717, 1.165) is 6.07 Å². The van der Waals surface area contributed by atoms with E-state index in [1.165, 1.54) is 12.1 Å². The number of rotatable bonds is 1. The van der Waals surface area contributed by atoms with Crippen LogP contribution < -0.4 is 9.47 Å². The topological polar surface area (TPSA) is 42.2 Å². The zero-order valence-electron chi connectivity index (χ0n) is 7.26. The average molecular weight is 276 g/mol. The number of benzene rings is 1. The number of alkyl halides is 2. The second kappa shape index (κ2) is 3.35. The van der Waals surface area contributed by atoms with Crippen LogP contribution in [0.1, 0.15) is 5.56 Å². The van der Waals surface area contributed by atoms with Crippen molar-refractivity contribution in [1.82, 2.24) is 0 Å². The fraction of sp³-hybridized carbons (Fsp3) is 0.222. The lowest BCUT2D eigenvalue weighted by Gasteiger charge is -2.11. The van der Waals surface area contributed by atoms with Crippen molar-refractivity contribution in [3.05, 3.63) is 23.5 Å². The molecule has 15 heavy (non-hydrogen) atoms. The van der Waals surface area contributed by atoms with Gasteiger partial charge in [0.15, 0.2) is 11.6 Å². The quantitative estimate of drug-likeness (QED) is 0.740. The summed E-state index contributed by atoms with van der Waals surface area (Å²) in [4.78, 5) is 0. The Kier molecular flexibility index (Phi) is 2.27. The van der Waals surface area contributed by atoms with Gasteiger partial charge in [-0.3, -0.25) is 0 Å². The summed E-state index contributed by atoms with van der Waals surface area (Å²) in [7, 11) is 0. The number of fused-ring (bicyclic) bond motifs is 1. The summed E-state index contributed by atoms with van der Waals surface area (Å²) in [6, 6.07) is 3.80. The van der Waals surface area contributed by atoms with Gasteiger partial charge in [0.05, 0.1) is 5.56 Å². The van der Waals surface area contributed by atoms with E-state index in [1.54, 1.807) is 0 Å². The van der Waals surface area contributed by atoms with E-state index in [-0.39, 0.29) is 18.3 Å². The van der Waals surface area contributed by atoms with Crippen molar-refractivity contribution < 1.29 is 18.3 Å². The van der Waals surface area contributed by atoms with E-state index < -0.39 is 16.0 Å². The highest BCUT2D eigenvalue weighted by Crippen LogP contribution is 2.42. The maximum Gasteiger partial charge on any atom is 0.277 e. The SMILES string of the molecule is N#CC(F)(Br)c1ccc2c(c1F)OCO2. The lowest BCUT2D eigenvalue weighted by atomic mass is 10.1. The van der Waals surface area contributed by atoms with Gasteiger partial charge in [0, 0.05) is 0 Å². The van der Waals surface area contributed by atoms with Crippen LogP contribution in [0.4, 0.5) is 8.78 Å². The molecule has 0 aliphatic carbocycles. The monoisotopic (exact) mass is 275 g/mol. The van der Waals surface area contributed by atoms with Crippen LogP contribution in [0.25, 0.3) is 0 Å². The Morgan fingerprint density at radius 2 is 2.20 bits per heavy atom. The molecule has 2 rings (SSSR count). The summed E-state index contributed by atoms with van der Waals surface area (Å²) in [5.74, 6) is -0.882. The van der Waals surface area contributed by atoms with Crippen LogP contribution in [-0.4, -0.2) is 6.79 Å². The Labute approximate surface area is 92.3 Å². The molecule has 1 aliphatic rings. The largest absolute Gasteiger partial charge is 0.453 e. The first kappa shape index (κ1) is 10.2. The van der Waals surface area contributed by atoms with Crippen molar-refractivity contribution in [3.63, 3.8) is 0 Å². The number of nitrogens with zero attached hydrogens (tertiary/aromatic N) is 1. The van der Waals surface area contributed by atoms with Gasteiger partial charge in [-0.2, -0.15) is 5.26 Å². The van der Waals surface area contributed by atoms with Gasteiger partial charge in [-0.25, -0.2) is 8.78 Å². The van der Waals surface area contributed by atoms with E-state index in [2.05, 4.69) is 15.9 Å². The predicted octanol–water partition coefficient (Wildman–Crippen LogP) is 2.60. The third kappa shape index (κ3) is 1.53. The molecule has 6 heteroatoms. The van der Waals surface area contributed by atoms with Crippen LogP contribution in [0.2, 0.25) is 0 Å². The predicted molar refractivity (Wildman–Crippen MR) is 49.8 cm³/mol. The molecule has 0 spiro atoms. The molecule has 0 amide bonds. The standard InChI is InChI=1S/C9H4BrF2NO2/c10-9(12,3-13)5-1-2-6-8(7(5)11)15-4-14-6/h1-2H,4H2. The van der Waals surface area contributed by atoms with Crippen LogP contribution in [0.3, 0.4) is 0 Å². The number of nitriles is 1. The molecule has 0 saturated heterocycles. The molecule has 0 N–H and O–H groups in total. The molecular formula is C9H4BrF2NO2. The molecule has 1 aliphatic heterocycles. The highest BCUT2D eigenvalue weighted by molar-refractivity contribution is 9.09. The van der Waals surface area contributed by atoms with Crippen LogP contribution in [0, 0.1) is 17.1 Å². The van der Waals surface area contributed by atoms with E-state index in [4.69, 9.17) is 14.7 Å². The molecule has 0 saturated carbocycles. The summed E-state index contributed by atoms with van der Waals surface area (Å²) in [5, 5.41) is 8.51. The number of halogens is 3. The molecule has 1 unspecified atom stereocenters. The smallest absolute Gasteiger partial charge is 0.277 e. The lowest BCUT2D eigenvalue weighted by molar-refractivity contribution is 0.170. The van der Waals surface area contributed by atoms with Gasteiger partial charge in [0.1, 0.15) is 6.07 Å². The first-order chi connectivity index (χ1) is 7.06. The van der Waals surface area contributed by atoms with Gasteiger partial charge in [0.2, 0.25) is 12.5 Å². The molecule has 1 aromatic carbocycles. The summed E-state index contributed by atoms with van der Waals surface area (Å²) in [6.45, 7) is -0.107. The maximum atomic E-state index is 13.6. The van der Waals surface area contributed by atoms with Gasteiger partial charge in [0.25, 0.3) is 4.58 Å². The third-order valence-electron chi connectivity index (χ3n) is 1.96. The Morgan fingerprint density at radius 1 is 1.47 bits per heavy atom. The number of ether oxygens (including phenoxy) is 2. The molecule has 0 radical (unpaired) electrons. The lowest BCUT2D eigenvalue weighted by Crippen LogP contribution is -2.10. The maximum absolute atomic E-state index is 13.6. The van der Waals surface area contributed by atoms with Crippen molar-refractivity contribution in [2.24, 2.45) is 0 Å². The first-order valence-corrected chi connectivity index (χ1v) is 4.73. The van der Waals surface area contributed by atoms with Crippen molar-refractivity contribution in [2.45, 2.75) is 4.58 Å². The Morgan fingerprint density at radius 3 is 2.87 bits per heavy atom. The fourth-order valence-electron chi connectivity index (χ4n) is 1.24. The molecule has 1 heterocycles. The highest BCUT2D eigenvalue weighted by atomic mass is 79.9. The second-order valence-electron chi connectivity index (χ2n) is 2.85. The molecule has 0 fully saturated rings. The molecule has 1 atom stereocenters. The summed E-state index contributed by atoms with van der Waals surface area (Å²) in [6.07, 6.45) is 0. The Hall–Kier alpha value is -1.35. The molecular weight excluding hydrogens is 272 g/mol. The van der Waals surface area contributed by atoms with Gasteiger partial charge in [-0.15, -0.1) is 0 Å². The number of hydrogen-bond acceptors (Lipinski definition) is 3. The van der Waals surface area contributed by atoms with Crippen molar-refractivity contribution >= 4 is 15.9 Å². The minimum Gasteiger partial charge on any atom is -0.453 e. The highest BCUT2D eigenvalue weighted by Gasteiger charge is 2.35. The zero-order chi connectivity index (χ0) is 11.1. The third-order valence-corrected chi connectivity index (χ3v) is 2.56. The van der Waals surface area contributed by atoms with Gasteiger partial charge >= 0.3 is 0 Å². The molecule has 0 aromatic heterocycles. The van der Waals surface area contributed by atoms with E-state index >= 15 is 0 Å². The second-order valence-corrected chi connectivity index (χ2v) is 3.94. The normalized spacial score (nSPS) is 16.9. The van der Waals surface area contributed by atoms with E-state index in [1.807, 2.05) is 0 Å². The Balaban J connectivity index is 2.58. The number of hydrogen-bond donors (Lipinski definition) is 0. The summed E-state index contributed by atoms with van der Waals surface area (Å²) < 4.78 is 34.3. The van der Waals surface area contributed by atoms with Crippen LogP contribution in [-0.2, 0) is 4.58 Å². The van der Waals surface area contributed by atoms with Gasteiger partial charge in [-0.05, 0) is 28.1 Å². The summed E-state index contributed by atoms with van der Waals surface area (Å²) >= 11 is 2.48. The molecule has 1 aromatic rings. The van der Waals surface area contributed by atoms with Crippen molar-refractivity contribution in [3.8, 4) is 17.6 Å². The fourth-order valence-corrected chi connectivity index (χ4v) is 1.55. The molecule has 3 nitrogen and oxygen atoms in total. The van der Waals surface area contributed by atoms with Gasteiger partial charge < -0.3 is 9.47 Å². The van der Waals surface area contributed by atoms with Crippen LogP contribution in [0.5, 0.6) is 11.5 Å². The van der Waals surface area contributed by atoms with E-state index in [0.29, 0.717) is 0 Å². The van der Waals surface area contributed by atoms with E-state index in [9.17, 15) is 8.78 Å². The minimum absolute atomic E-state index is 0.107. The Bertz CT molecular complexity index is 456. The van der Waals surface area contributed by atoms with Crippen LogP contribution >= 0.6 is 15.9 Å². The summed E-state index contributed by atoms with van der Waals surface area (Å²) in [5.41, 5.74) is -0.422. The zero-order valence-corrected chi connectivity index (χ0v) is 8.85. The average Bonchev–Trinajstić information content (AvgIpc) is 2.66. The molecule has 78 valence electrons.